The number of para-hydroxylation sites is 1. The number of pyridine rings is 1. The molecule has 0 saturated heterocycles. The number of benzene rings is 1. The van der Waals surface area contributed by atoms with Gasteiger partial charge in [0.1, 0.15) is 0 Å². The summed E-state index contributed by atoms with van der Waals surface area (Å²) < 4.78 is 0. The zero-order chi connectivity index (χ0) is 17.3. The van der Waals surface area contributed by atoms with Crippen LogP contribution in [0, 0.1) is 5.92 Å². The zero-order valence-electron chi connectivity index (χ0n) is 13.9. The van der Waals surface area contributed by atoms with E-state index in [1.54, 1.807) is 41.4 Å². The average molecular weight is 326 g/mol. The first-order chi connectivity index (χ1) is 11.4. The highest BCUT2D eigenvalue weighted by molar-refractivity contribution is 6.06. The maximum Gasteiger partial charge on any atom is 0.263 e. The highest BCUT2D eigenvalue weighted by Crippen LogP contribution is 2.44. The second-order valence-corrected chi connectivity index (χ2v) is 6.66. The van der Waals surface area contributed by atoms with Gasteiger partial charge in [-0.25, -0.2) is 0 Å². The molecule has 2 unspecified atom stereocenters. The Bertz CT molecular complexity index is 732. The second-order valence-electron chi connectivity index (χ2n) is 6.66. The van der Waals surface area contributed by atoms with E-state index in [4.69, 9.17) is 0 Å². The van der Waals surface area contributed by atoms with Crippen molar-refractivity contribution >= 4 is 11.6 Å². The van der Waals surface area contributed by atoms with Gasteiger partial charge in [0.25, 0.3) is 5.91 Å². The van der Waals surface area contributed by atoms with Gasteiger partial charge in [0.2, 0.25) is 0 Å². The van der Waals surface area contributed by atoms with E-state index >= 15 is 0 Å². The first-order valence-corrected chi connectivity index (χ1v) is 8.16. The molecule has 0 saturated carbocycles. The summed E-state index contributed by atoms with van der Waals surface area (Å²) in [5.74, 6) is -0.113. The Kier molecular flexibility index (Phi) is 4.39. The Morgan fingerprint density at radius 1 is 1.17 bits per heavy atom. The molecule has 1 aliphatic heterocycles. The molecule has 5 nitrogen and oxygen atoms in total. The van der Waals surface area contributed by atoms with Crippen molar-refractivity contribution in [3.63, 3.8) is 0 Å². The molecule has 2 aromatic rings. The van der Waals surface area contributed by atoms with Crippen LogP contribution in [0.4, 0.5) is 5.69 Å². The molecule has 0 spiro atoms. The SMILES string of the molecule is CC(C)CN1C(=O)C(O)(CC(O)c2ccccn2)c2ccccc21. The summed E-state index contributed by atoms with van der Waals surface area (Å²) in [6.45, 7) is 4.57. The first kappa shape index (κ1) is 16.6. The third-order valence-corrected chi connectivity index (χ3v) is 4.31. The molecule has 2 atom stereocenters. The van der Waals surface area contributed by atoms with E-state index in [2.05, 4.69) is 4.98 Å². The van der Waals surface area contributed by atoms with Crippen molar-refractivity contribution < 1.29 is 15.0 Å². The van der Waals surface area contributed by atoms with Gasteiger partial charge < -0.3 is 15.1 Å². The van der Waals surface area contributed by atoms with E-state index in [1.165, 1.54) is 0 Å². The smallest absolute Gasteiger partial charge is 0.263 e. The Hall–Kier alpha value is -2.24. The second kappa shape index (κ2) is 6.34. The summed E-state index contributed by atoms with van der Waals surface area (Å²) in [7, 11) is 0. The highest BCUT2D eigenvalue weighted by Gasteiger charge is 2.50. The monoisotopic (exact) mass is 326 g/mol. The third-order valence-electron chi connectivity index (χ3n) is 4.31. The van der Waals surface area contributed by atoms with Crippen LogP contribution in [0.15, 0.2) is 48.7 Å². The molecule has 1 aromatic carbocycles. The summed E-state index contributed by atoms with van der Waals surface area (Å²) in [5.41, 5.74) is -0.0290. The number of aliphatic hydroxyl groups is 2. The number of carbonyl (C=O) groups is 1. The van der Waals surface area contributed by atoms with Gasteiger partial charge in [-0.3, -0.25) is 9.78 Å². The minimum atomic E-state index is -1.73. The first-order valence-electron chi connectivity index (χ1n) is 8.16. The van der Waals surface area contributed by atoms with E-state index < -0.39 is 11.7 Å². The Morgan fingerprint density at radius 3 is 2.54 bits per heavy atom. The van der Waals surface area contributed by atoms with E-state index in [9.17, 15) is 15.0 Å². The predicted molar refractivity (Wildman–Crippen MR) is 91.3 cm³/mol. The number of nitrogens with zero attached hydrogens (tertiary/aromatic N) is 2. The van der Waals surface area contributed by atoms with Crippen molar-refractivity contribution in [1.29, 1.82) is 0 Å². The molecule has 5 heteroatoms. The third kappa shape index (κ3) is 2.81. The van der Waals surface area contributed by atoms with Gasteiger partial charge in [-0.05, 0) is 24.1 Å². The number of amides is 1. The molecular formula is C19H22N2O3. The van der Waals surface area contributed by atoms with Crippen LogP contribution >= 0.6 is 0 Å². The Morgan fingerprint density at radius 2 is 1.88 bits per heavy atom. The summed E-state index contributed by atoms with van der Waals surface area (Å²) in [6, 6.07) is 12.4. The van der Waals surface area contributed by atoms with Crippen molar-refractivity contribution in [1.82, 2.24) is 4.98 Å². The van der Waals surface area contributed by atoms with Gasteiger partial charge >= 0.3 is 0 Å². The fourth-order valence-electron chi connectivity index (χ4n) is 3.21. The number of aromatic nitrogens is 1. The summed E-state index contributed by atoms with van der Waals surface area (Å²) in [6.07, 6.45) is 0.444. The van der Waals surface area contributed by atoms with Crippen LogP contribution in [0.2, 0.25) is 0 Å². The number of hydrogen-bond donors (Lipinski definition) is 2. The molecule has 2 heterocycles. The molecule has 3 rings (SSSR count). The lowest BCUT2D eigenvalue weighted by molar-refractivity contribution is -0.139. The minimum absolute atomic E-state index is 0.117. The van der Waals surface area contributed by atoms with Gasteiger partial charge in [0.05, 0.1) is 17.5 Å². The van der Waals surface area contributed by atoms with Crippen molar-refractivity contribution in [3.8, 4) is 0 Å². The number of aliphatic hydroxyl groups excluding tert-OH is 1. The van der Waals surface area contributed by atoms with Crippen LogP contribution in [0.25, 0.3) is 0 Å². The number of rotatable bonds is 5. The van der Waals surface area contributed by atoms with Gasteiger partial charge in [-0.15, -0.1) is 0 Å². The molecule has 2 N–H and O–H groups in total. The molecule has 126 valence electrons. The summed E-state index contributed by atoms with van der Waals surface area (Å²) in [4.78, 5) is 18.7. The number of carbonyl (C=O) groups excluding carboxylic acids is 1. The fraction of sp³-hybridized carbons (Fsp3) is 0.368. The van der Waals surface area contributed by atoms with E-state index in [0.29, 0.717) is 23.5 Å². The lowest BCUT2D eigenvalue weighted by atomic mass is 9.88. The van der Waals surface area contributed by atoms with E-state index in [0.717, 1.165) is 0 Å². The van der Waals surface area contributed by atoms with Crippen LogP contribution in [-0.4, -0.2) is 27.6 Å². The molecule has 1 aliphatic rings. The largest absolute Gasteiger partial charge is 0.387 e. The summed E-state index contributed by atoms with van der Waals surface area (Å²) in [5, 5.41) is 21.6. The molecule has 1 amide bonds. The van der Waals surface area contributed by atoms with Crippen LogP contribution in [0.1, 0.15) is 37.6 Å². The maximum absolute atomic E-state index is 12.9. The Labute approximate surface area is 141 Å². The van der Waals surface area contributed by atoms with Gasteiger partial charge in [-0.2, -0.15) is 0 Å². The number of hydrogen-bond acceptors (Lipinski definition) is 4. The van der Waals surface area contributed by atoms with Crippen LogP contribution in [0.3, 0.4) is 0 Å². The van der Waals surface area contributed by atoms with Crippen molar-refractivity contribution in [2.75, 3.05) is 11.4 Å². The van der Waals surface area contributed by atoms with Crippen molar-refractivity contribution in [2.45, 2.75) is 32.0 Å². The summed E-state index contributed by atoms with van der Waals surface area (Å²) >= 11 is 0. The maximum atomic E-state index is 12.9. The number of anilines is 1. The minimum Gasteiger partial charge on any atom is -0.387 e. The molecule has 0 radical (unpaired) electrons. The fourth-order valence-corrected chi connectivity index (χ4v) is 3.21. The standard InChI is InChI=1S/C19H22N2O3/c1-13(2)12-21-16-9-4-3-7-14(16)19(24,18(21)23)11-17(22)15-8-5-6-10-20-15/h3-10,13,17,22,24H,11-12H2,1-2H3. The molecule has 0 fully saturated rings. The van der Waals surface area contributed by atoms with Crippen LogP contribution in [-0.2, 0) is 10.4 Å². The average Bonchev–Trinajstić information content (AvgIpc) is 2.78. The zero-order valence-corrected chi connectivity index (χ0v) is 13.9. The van der Waals surface area contributed by atoms with Gasteiger partial charge in [-0.1, -0.05) is 38.1 Å². The molecule has 1 aromatic heterocycles. The van der Waals surface area contributed by atoms with Gasteiger partial charge in [0, 0.05) is 24.7 Å². The Balaban J connectivity index is 1.95. The van der Waals surface area contributed by atoms with Gasteiger partial charge in [0.15, 0.2) is 5.60 Å². The van der Waals surface area contributed by atoms with Crippen LogP contribution < -0.4 is 4.90 Å². The quantitative estimate of drug-likeness (QED) is 0.885. The molecular weight excluding hydrogens is 304 g/mol. The van der Waals surface area contributed by atoms with E-state index in [1.807, 2.05) is 26.0 Å². The molecule has 24 heavy (non-hydrogen) atoms. The van der Waals surface area contributed by atoms with Crippen molar-refractivity contribution in [3.05, 3.63) is 59.9 Å². The predicted octanol–water partition coefficient (Wildman–Crippen LogP) is 2.40. The lowest BCUT2D eigenvalue weighted by Gasteiger charge is -2.26. The highest BCUT2D eigenvalue weighted by atomic mass is 16.3. The molecule has 0 bridgehead atoms. The topological polar surface area (TPSA) is 73.7 Å². The van der Waals surface area contributed by atoms with Crippen LogP contribution in [0.5, 0.6) is 0 Å². The molecule has 0 aliphatic carbocycles. The van der Waals surface area contributed by atoms with E-state index in [-0.39, 0.29) is 18.2 Å². The lowest BCUT2D eigenvalue weighted by Crippen LogP contribution is -2.42. The van der Waals surface area contributed by atoms with Crippen molar-refractivity contribution in [2.24, 2.45) is 5.92 Å². The number of fused-ring (bicyclic) bond motifs is 1. The normalized spacial score (nSPS) is 21.2.